The Morgan fingerprint density at radius 1 is 0.600 bits per heavy atom. The van der Waals surface area contributed by atoms with E-state index in [4.69, 9.17) is 15.0 Å². The molecule has 3 heterocycles. The average molecular weight is 731 g/mol. The molecule has 6 aromatic rings. The van der Waals surface area contributed by atoms with Crippen molar-refractivity contribution in [2.75, 3.05) is 4.90 Å². The van der Waals surface area contributed by atoms with E-state index in [0.29, 0.717) is 23.4 Å². The molecule has 10 rings (SSSR count). The van der Waals surface area contributed by atoms with Gasteiger partial charge in [0.15, 0.2) is 17.5 Å². The number of allylic oxidation sites excluding steroid dienone is 6. The van der Waals surface area contributed by atoms with E-state index in [1.807, 2.05) is 60.7 Å². The predicted octanol–water partition coefficient (Wildman–Crippen LogP) is 12.7. The molecular weight excluding hydrogens is 689 g/mol. The summed E-state index contributed by atoms with van der Waals surface area (Å²) in [6.07, 6.45) is 15.3. The van der Waals surface area contributed by atoms with Crippen LogP contribution < -0.4 is 4.90 Å². The first-order chi connectivity index (χ1) is 26.7. The van der Waals surface area contributed by atoms with Gasteiger partial charge in [-0.05, 0) is 90.6 Å². The minimum Gasteiger partial charge on any atom is -0.310 e. The van der Waals surface area contributed by atoms with Gasteiger partial charge in [-0.1, -0.05) is 135 Å². The maximum atomic E-state index is 4.98. The van der Waals surface area contributed by atoms with E-state index < -0.39 is 0 Å². The van der Waals surface area contributed by atoms with E-state index in [1.54, 1.807) is 5.57 Å². The highest BCUT2D eigenvalue weighted by molar-refractivity contribution is 8.02. The van der Waals surface area contributed by atoms with Gasteiger partial charge in [0, 0.05) is 43.2 Å². The molecule has 0 bridgehead atoms. The topological polar surface area (TPSA) is 41.9 Å². The summed E-state index contributed by atoms with van der Waals surface area (Å²) in [6, 6.07) is 44.9. The van der Waals surface area contributed by atoms with Crippen molar-refractivity contribution < 1.29 is 0 Å². The van der Waals surface area contributed by atoms with Crippen LogP contribution in [0.5, 0.6) is 0 Å². The van der Waals surface area contributed by atoms with E-state index in [2.05, 4.69) is 148 Å². The molecule has 1 fully saturated rings. The second-order valence-electron chi connectivity index (χ2n) is 16.0. The Morgan fingerprint density at radius 3 is 1.85 bits per heavy atom. The molecule has 5 aromatic carbocycles. The van der Waals surface area contributed by atoms with Crippen molar-refractivity contribution in [3.8, 4) is 34.2 Å². The van der Waals surface area contributed by atoms with Crippen molar-refractivity contribution in [1.82, 2.24) is 15.0 Å². The molecule has 3 atom stereocenters. The SMILES string of the molecule is CC12CC=C(c3ccc4c(c3)C(C)(C)c3ccccc3N4c3ccc(-c4nc(-c5ccccc5)nc(-c5ccccc5)n4)cc3)C=C1C1C=CC=CC1(C)S2. The summed E-state index contributed by atoms with van der Waals surface area (Å²) in [7, 11) is 0. The molecule has 55 heavy (non-hydrogen) atoms. The van der Waals surface area contributed by atoms with Crippen molar-refractivity contribution >= 4 is 34.4 Å². The summed E-state index contributed by atoms with van der Waals surface area (Å²) >= 11 is 2.12. The molecule has 268 valence electrons. The van der Waals surface area contributed by atoms with Crippen LogP contribution in [0.15, 0.2) is 169 Å². The molecule has 1 saturated heterocycles. The summed E-state index contributed by atoms with van der Waals surface area (Å²) in [4.78, 5) is 17.3. The maximum Gasteiger partial charge on any atom is 0.164 e. The number of nitrogens with zero attached hydrogens (tertiary/aromatic N) is 4. The normalized spacial score (nSPS) is 22.9. The van der Waals surface area contributed by atoms with Crippen LogP contribution in [0.1, 0.15) is 50.8 Å². The zero-order valence-corrected chi connectivity index (χ0v) is 32.4. The molecule has 3 unspecified atom stereocenters. The van der Waals surface area contributed by atoms with Crippen molar-refractivity contribution in [1.29, 1.82) is 0 Å². The first kappa shape index (κ1) is 33.8. The van der Waals surface area contributed by atoms with Gasteiger partial charge in [-0.25, -0.2) is 15.0 Å². The van der Waals surface area contributed by atoms with Crippen molar-refractivity contribution in [3.63, 3.8) is 0 Å². The Morgan fingerprint density at radius 2 is 1.18 bits per heavy atom. The fourth-order valence-electron chi connectivity index (χ4n) is 9.09. The first-order valence-corrected chi connectivity index (χ1v) is 20.0. The van der Waals surface area contributed by atoms with Crippen LogP contribution in [-0.2, 0) is 5.41 Å². The minimum atomic E-state index is -0.194. The zero-order valence-electron chi connectivity index (χ0n) is 31.6. The van der Waals surface area contributed by atoms with E-state index >= 15 is 0 Å². The molecule has 4 aliphatic rings. The number of aromatic nitrogens is 3. The van der Waals surface area contributed by atoms with E-state index in [1.165, 1.54) is 33.6 Å². The van der Waals surface area contributed by atoms with Crippen LogP contribution >= 0.6 is 11.8 Å². The molecule has 0 N–H and O–H groups in total. The Kier molecular flexibility index (Phi) is 7.76. The van der Waals surface area contributed by atoms with Gasteiger partial charge in [0.25, 0.3) is 0 Å². The second kappa shape index (κ2) is 12.6. The Labute approximate surface area is 328 Å². The van der Waals surface area contributed by atoms with Crippen LogP contribution in [0.3, 0.4) is 0 Å². The van der Waals surface area contributed by atoms with Crippen LogP contribution in [-0.4, -0.2) is 24.4 Å². The molecule has 0 radical (unpaired) electrons. The second-order valence-corrected chi connectivity index (χ2v) is 18.0. The van der Waals surface area contributed by atoms with Gasteiger partial charge in [-0.15, -0.1) is 11.8 Å². The molecule has 1 aromatic heterocycles. The van der Waals surface area contributed by atoms with Crippen molar-refractivity contribution in [2.24, 2.45) is 5.92 Å². The maximum absolute atomic E-state index is 4.98. The standard InChI is InChI=1S/C50H42N4S/c1-48(2)40-20-11-12-21-43(40)54(44-27-24-36(32-42(44)48)37-28-30-50(4)41(31-37)39-19-13-14-29-49(39,3)55-50)38-25-22-35(23-26-38)47-52-45(33-15-7-5-8-16-33)51-46(53-47)34-17-9-6-10-18-34/h5-29,31-32,39H,30H2,1-4H3. The third-order valence-electron chi connectivity index (χ3n) is 12.0. The number of anilines is 3. The molecule has 2 aliphatic carbocycles. The first-order valence-electron chi connectivity index (χ1n) is 19.2. The Hall–Kier alpha value is -5.78. The molecule has 4 nitrogen and oxygen atoms in total. The summed E-state index contributed by atoms with van der Waals surface area (Å²) in [5, 5.41) is 0. The summed E-state index contributed by atoms with van der Waals surface area (Å²) in [5.41, 5.74) is 13.0. The summed E-state index contributed by atoms with van der Waals surface area (Å²) in [5.74, 6) is 2.39. The van der Waals surface area contributed by atoms with E-state index in [9.17, 15) is 0 Å². The average Bonchev–Trinajstić information content (AvgIpc) is 3.47. The largest absolute Gasteiger partial charge is 0.310 e. The lowest BCUT2D eigenvalue weighted by Gasteiger charge is -2.42. The van der Waals surface area contributed by atoms with Crippen molar-refractivity contribution in [2.45, 2.75) is 49.0 Å². The highest BCUT2D eigenvalue weighted by Gasteiger charge is 2.53. The van der Waals surface area contributed by atoms with Gasteiger partial charge in [-0.3, -0.25) is 0 Å². The summed E-state index contributed by atoms with van der Waals surface area (Å²) in [6.45, 7) is 9.57. The van der Waals surface area contributed by atoms with Gasteiger partial charge in [0.2, 0.25) is 0 Å². The van der Waals surface area contributed by atoms with Gasteiger partial charge >= 0.3 is 0 Å². The predicted molar refractivity (Wildman–Crippen MR) is 230 cm³/mol. The van der Waals surface area contributed by atoms with Gasteiger partial charge in [-0.2, -0.15) is 0 Å². The molecule has 0 saturated carbocycles. The van der Waals surface area contributed by atoms with Crippen LogP contribution in [0.4, 0.5) is 17.1 Å². The number of hydrogen-bond acceptors (Lipinski definition) is 5. The molecule has 0 amide bonds. The van der Waals surface area contributed by atoms with Crippen molar-refractivity contribution in [3.05, 3.63) is 186 Å². The van der Waals surface area contributed by atoms with Crippen LogP contribution in [0, 0.1) is 5.92 Å². The molecule has 2 aliphatic heterocycles. The quantitative estimate of drug-likeness (QED) is 0.177. The lowest BCUT2D eigenvalue weighted by Crippen LogP contribution is -2.30. The summed E-state index contributed by atoms with van der Waals surface area (Å²) < 4.78 is 0.221. The molecule has 5 heteroatoms. The number of rotatable bonds is 5. The third-order valence-corrected chi connectivity index (χ3v) is 13.7. The number of benzene rings is 5. The van der Waals surface area contributed by atoms with Gasteiger partial charge < -0.3 is 4.90 Å². The lowest BCUT2D eigenvalue weighted by molar-refractivity contribution is 0.610. The lowest BCUT2D eigenvalue weighted by atomic mass is 9.72. The minimum absolute atomic E-state index is 0.105. The number of fused-ring (bicyclic) bond motifs is 5. The zero-order chi connectivity index (χ0) is 37.4. The fourth-order valence-corrected chi connectivity index (χ4v) is 11.0. The monoisotopic (exact) mass is 730 g/mol. The van der Waals surface area contributed by atoms with Crippen LogP contribution in [0.25, 0.3) is 39.7 Å². The molecular formula is C50H42N4S. The fraction of sp³-hybridized carbons (Fsp3) is 0.180. The highest BCUT2D eigenvalue weighted by atomic mass is 32.2. The molecule has 0 spiro atoms. The van der Waals surface area contributed by atoms with E-state index in [0.717, 1.165) is 28.8 Å². The number of hydrogen-bond donors (Lipinski definition) is 0. The third kappa shape index (κ3) is 5.55. The van der Waals surface area contributed by atoms with Gasteiger partial charge in [0.05, 0.1) is 11.4 Å². The highest BCUT2D eigenvalue weighted by Crippen LogP contribution is 2.62. The van der Waals surface area contributed by atoms with Gasteiger partial charge in [0.1, 0.15) is 0 Å². The Balaban J connectivity index is 1.04. The Bertz CT molecular complexity index is 2550. The smallest absolute Gasteiger partial charge is 0.164 e. The number of para-hydroxylation sites is 1. The number of thioether (sulfide) groups is 1. The van der Waals surface area contributed by atoms with E-state index in [-0.39, 0.29) is 14.9 Å². The van der Waals surface area contributed by atoms with Crippen LogP contribution in [0.2, 0.25) is 0 Å².